The molecule has 0 amide bonds. The Hall–Kier alpha value is -2.51. The molecule has 1 aromatic heterocycles. The van der Waals surface area contributed by atoms with Crippen molar-refractivity contribution in [2.75, 3.05) is 13.1 Å². The fourth-order valence-corrected chi connectivity index (χ4v) is 5.05. The molecule has 1 aliphatic heterocycles. The Kier molecular flexibility index (Phi) is 5.05. The van der Waals surface area contributed by atoms with Gasteiger partial charge in [0.25, 0.3) is 0 Å². The van der Waals surface area contributed by atoms with E-state index in [4.69, 9.17) is 0 Å². The maximum absolute atomic E-state index is 12.7. The monoisotopic (exact) mass is 382 g/mol. The fourth-order valence-electron chi connectivity index (χ4n) is 3.56. The summed E-state index contributed by atoms with van der Waals surface area (Å²) in [6.07, 6.45) is 4.19. The number of piperidine rings is 1. The minimum absolute atomic E-state index is 0.368. The van der Waals surface area contributed by atoms with Crippen LogP contribution in [0.5, 0.6) is 0 Å². The minimum Gasteiger partial charge on any atom is -0.286 e. The van der Waals surface area contributed by atoms with Gasteiger partial charge in [-0.05, 0) is 43.0 Å². The van der Waals surface area contributed by atoms with E-state index in [-0.39, 0.29) is 0 Å². The van der Waals surface area contributed by atoms with Gasteiger partial charge in [0.1, 0.15) is 12.2 Å². The number of para-hydroxylation sites is 1. The van der Waals surface area contributed by atoms with Gasteiger partial charge in [0.15, 0.2) is 0 Å². The number of nitrogens with zero attached hydrogens (tertiary/aromatic N) is 4. The molecule has 1 saturated heterocycles. The van der Waals surface area contributed by atoms with Crippen LogP contribution in [0.25, 0.3) is 5.69 Å². The van der Waals surface area contributed by atoms with Crippen LogP contribution in [0, 0.1) is 5.92 Å². The second-order valence-corrected chi connectivity index (χ2v) is 8.76. The zero-order chi connectivity index (χ0) is 18.7. The molecule has 2 heterocycles. The number of hydrogen-bond acceptors (Lipinski definition) is 4. The second kappa shape index (κ2) is 7.62. The molecule has 27 heavy (non-hydrogen) atoms. The molecule has 0 radical (unpaired) electrons. The molecular formula is C20H22N4O2S. The number of rotatable bonds is 5. The lowest BCUT2D eigenvalue weighted by Crippen LogP contribution is -2.39. The lowest BCUT2D eigenvalue weighted by atomic mass is 9.94. The van der Waals surface area contributed by atoms with Gasteiger partial charge >= 0.3 is 0 Å². The van der Waals surface area contributed by atoms with Crippen LogP contribution in [0.2, 0.25) is 0 Å². The van der Waals surface area contributed by atoms with Gasteiger partial charge in [-0.15, -0.1) is 10.2 Å². The van der Waals surface area contributed by atoms with E-state index >= 15 is 0 Å². The van der Waals surface area contributed by atoms with Crippen LogP contribution in [-0.4, -0.2) is 40.6 Å². The molecule has 6 nitrogen and oxygen atoms in total. The van der Waals surface area contributed by atoms with E-state index in [0.717, 1.165) is 30.8 Å². The van der Waals surface area contributed by atoms with Crippen molar-refractivity contribution in [3.8, 4) is 5.69 Å². The molecule has 0 saturated carbocycles. The lowest BCUT2D eigenvalue weighted by Gasteiger charge is -2.31. The first-order chi connectivity index (χ1) is 13.1. The minimum atomic E-state index is -3.40. The fraction of sp³-hybridized carbons (Fsp3) is 0.300. The van der Waals surface area contributed by atoms with Gasteiger partial charge in [0, 0.05) is 25.2 Å². The molecule has 1 aliphatic rings. The molecule has 140 valence electrons. The first-order valence-corrected chi connectivity index (χ1v) is 10.6. The van der Waals surface area contributed by atoms with E-state index in [9.17, 15) is 8.42 Å². The van der Waals surface area contributed by atoms with E-state index in [1.54, 1.807) is 34.9 Å². The van der Waals surface area contributed by atoms with E-state index in [1.165, 1.54) is 0 Å². The molecule has 0 bridgehead atoms. The van der Waals surface area contributed by atoms with Crippen molar-refractivity contribution < 1.29 is 8.42 Å². The Bertz CT molecular complexity index is 979. The second-order valence-electron chi connectivity index (χ2n) is 6.82. The van der Waals surface area contributed by atoms with Crippen LogP contribution in [0.15, 0.2) is 71.9 Å². The van der Waals surface area contributed by atoms with Crippen LogP contribution in [-0.2, 0) is 16.4 Å². The van der Waals surface area contributed by atoms with Gasteiger partial charge in [0.05, 0.1) is 4.90 Å². The van der Waals surface area contributed by atoms with E-state index in [2.05, 4.69) is 10.2 Å². The van der Waals surface area contributed by atoms with Gasteiger partial charge in [0.2, 0.25) is 10.0 Å². The molecule has 0 N–H and O–H groups in total. The number of benzene rings is 2. The predicted molar refractivity (Wildman–Crippen MR) is 103 cm³/mol. The summed E-state index contributed by atoms with van der Waals surface area (Å²) in [7, 11) is -3.40. The first kappa shape index (κ1) is 17.9. The topological polar surface area (TPSA) is 68.1 Å². The highest BCUT2D eigenvalue weighted by Gasteiger charge is 2.29. The molecule has 2 aromatic carbocycles. The zero-order valence-corrected chi connectivity index (χ0v) is 15.8. The number of hydrogen-bond donors (Lipinski definition) is 0. The summed E-state index contributed by atoms with van der Waals surface area (Å²) in [6, 6.07) is 18.7. The summed E-state index contributed by atoms with van der Waals surface area (Å²) in [5, 5.41) is 8.35. The van der Waals surface area contributed by atoms with Gasteiger partial charge < -0.3 is 0 Å². The Morgan fingerprint density at radius 3 is 2.22 bits per heavy atom. The molecule has 0 spiro atoms. The maximum atomic E-state index is 12.7. The Morgan fingerprint density at radius 1 is 0.926 bits per heavy atom. The summed E-state index contributed by atoms with van der Waals surface area (Å²) in [6.45, 7) is 1.09. The van der Waals surface area contributed by atoms with Crippen molar-refractivity contribution >= 4 is 10.0 Å². The van der Waals surface area contributed by atoms with Crippen LogP contribution in [0.1, 0.15) is 18.7 Å². The van der Waals surface area contributed by atoms with Gasteiger partial charge in [-0.2, -0.15) is 4.31 Å². The standard InChI is InChI=1S/C20H22N4O2S/c25-27(26,19-9-5-2-6-10-19)23-13-11-17(12-14-23)15-20-22-21-16-24(20)18-7-3-1-4-8-18/h1-10,16-17H,11-15H2. The Labute approximate surface area is 159 Å². The summed E-state index contributed by atoms with van der Waals surface area (Å²) < 4.78 is 29.1. The molecule has 0 atom stereocenters. The van der Waals surface area contributed by atoms with Crippen LogP contribution in [0.4, 0.5) is 0 Å². The maximum Gasteiger partial charge on any atom is 0.243 e. The molecule has 3 aromatic rings. The quantitative estimate of drug-likeness (QED) is 0.680. The summed E-state index contributed by atoms with van der Waals surface area (Å²) in [5.74, 6) is 1.32. The van der Waals surface area contributed by atoms with Crippen molar-refractivity contribution in [1.82, 2.24) is 19.1 Å². The number of aromatic nitrogens is 3. The van der Waals surface area contributed by atoms with Gasteiger partial charge in [-0.3, -0.25) is 4.57 Å². The highest BCUT2D eigenvalue weighted by atomic mass is 32.2. The highest BCUT2D eigenvalue weighted by Crippen LogP contribution is 2.26. The van der Waals surface area contributed by atoms with Crippen molar-refractivity contribution in [2.45, 2.75) is 24.2 Å². The largest absolute Gasteiger partial charge is 0.286 e. The molecule has 7 heteroatoms. The van der Waals surface area contributed by atoms with Crippen molar-refractivity contribution in [2.24, 2.45) is 5.92 Å². The van der Waals surface area contributed by atoms with E-state index in [1.807, 2.05) is 41.0 Å². The molecule has 0 unspecified atom stereocenters. The average molecular weight is 382 g/mol. The van der Waals surface area contributed by atoms with Crippen molar-refractivity contribution in [1.29, 1.82) is 0 Å². The van der Waals surface area contributed by atoms with Gasteiger partial charge in [-0.1, -0.05) is 36.4 Å². The normalized spacial score (nSPS) is 16.4. The molecule has 1 fully saturated rings. The summed E-state index contributed by atoms with van der Waals surface area (Å²) >= 11 is 0. The van der Waals surface area contributed by atoms with Crippen LogP contribution in [0.3, 0.4) is 0 Å². The lowest BCUT2D eigenvalue weighted by molar-refractivity contribution is 0.270. The summed E-state index contributed by atoms with van der Waals surface area (Å²) in [5.41, 5.74) is 1.04. The van der Waals surface area contributed by atoms with E-state index in [0.29, 0.717) is 23.9 Å². The first-order valence-electron chi connectivity index (χ1n) is 9.14. The highest BCUT2D eigenvalue weighted by molar-refractivity contribution is 7.89. The Balaban J connectivity index is 1.42. The summed E-state index contributed by atoms with van der Waals surface area (Å²) in [4.78, 5) is 0.368. The van der Waals surface area contributed by atoms with Crippen LogP contribution < -0.4 is 0 Å². The molecule has 0 aliphatic carbocycles. The number of sulfonamides is 1. The van der Waals surface area contributed by atoms with Crippen molar-refractivity contribution in [3.05, 3.63) is 72.8 Å². The third-order valence-corrected chi connectivity index (χ3v) is 6.99. The predicted octanol–water partition coefficient (Wildman–Crippen LogP) is 2.91. The van der Waals surface area contributed by atoms with Crippen LogP contribution >= 0.6 is 0 Å². The average Bonchev–Trinajstić information content (AvgIpc) is 3.18. The zero-order valence-electron chi connectivity index (χ0n) is 15.0. The SMILES string of the molecule is O=S(=O)(c1ccccc1)N1CCC(Cc2nncn2-c2ccccc2)CC1. The van der Waals surface area contributed by atoms with E-state index < -0.39 is 10.0 Å². The van der Waals surface area contributed by atoms with Crippen molar-refractivity contribution in [3.63, 3.8) is 0 Å². The molecular weight excluding hydrogens is 360 g/mol. The third-order valence-electron chi connectivity index (χ3n) is 5.08. The Morgan fingerprint density at radius 2 is 1.56 bits per heavy atom. The van der Waals surface area contributed by atoms with Gasteiger partial charge in [-0.25, -0.2) is 8.42 Å². The third kappa shape index (κ3) is 3.79. The molecule has 4 rings (SSSR count). The smallest absolute Gasteiger partial charge is 0.243 e.